The Kier molecular flexibility index (Phi) is 5.34. The summed E-state index contributed by atoms with van der Waals surface area (Å²) in [6.07, 6.45) is 1.44. The maximum absolute atomic E-state index is 12.3. The van der Waals surface area contributed by atoms with Gasteiger partial charge in [0.1, 0.15) is 0 Å². The van der Waals surface area contributed by atoms with E-state index in [0.717, 1.165) is 32.1 Å². The van der Waals surface area contributed by atoms with Crippen molar-refractivity contribution in [1.82, 2.24) is 10.2 Å². The van der Waals surface area contributed by atoms with E-state index in [9.17, 15) is 9.59 Å². The highest BCUT2D eigenvalue weighted by Gasteiger charge is 2.19. The van der Waals surface area contributed by atoms with Crippen molar-refractivity contribution in [2.24, 2.45) is 0 Å². The van der Waals surface area contributed by atoms with Crippen LogP contribution in [0.5, 0.6) is 0 Å². The Hall–Kier alpha value is -1.38. The lowest BCUT2D eigenvalue weighted by Gasteiger charge is -2.02. The van der Waals surface area contributed by atoms with Crippen LogP contribution in [0.4, 0.5) is 5.69 Å². The molecule has 1 amide bonds. The lowest BCUT2D eigenvalue weighted by molar-refractivity contribution is -0.115. The number of aromatic nitrogens is 2. The molecule has 0 radical (unpaired) electrons. The van der Waals surface area contributed by atoms with Gasteiger partial charge >= 0.3 is 0 Å². The minimum absolute atomic E-state index is 0.0232. The Morgan fingerprint density at radius 2 is 2.09 bits per heavy atom. The van der Waals surface area contributed by atoms with Crippen LogP contribution < -0.4 is 5.32 Å². The number of nitrogens with zero attached hydrogens (tertiary/aromatic N) is 2. The van der Waals surface area contributed by atoms with Crippen molar-refractivity contribution in [3.63, 3.8) is 0 Å². The van der Waals surface area contributed by atoms with Gasteiger partial charge in [0.2, 0.25) is 5.91 Å². The minimum atomic E-state index is -0.0232. The van der Waals surface area contributed by atoms with Gasteiger partial charge in [-0.2, -0.15) is 0 Å². The molecule has 120 valence electrons. The van der Waals surface area contributed by atoms with Gasteiger partial charge in [0.15, 0.2) is 14.5 Å². The average Bonchev–Trinajstić information content (AvgIpc) is 3.14. The van der Waals surface area contributed by atoms with Gasteiger partial charge < -0.3 is 5.32 Å². The second-order valence-corrected chi connectivity index (χ2v) is 8.53. The summed E-state index contributed by atoms with van der Waals surface area (Å²) >= 11 is 4.63. The second-order valence-electron chi connectivity index (χ2n) is 4.99. The van der Waals surface area contributed by atoms with Crippen molar-refractivity contribution in [1.29, 1.82) is 0 Å². The van der Waals surface area contributed by atoms with Gasteiger partial charge in [-0.25, -0.2) is 0 Å². The van der Waals surface area contributed by atoms with Gasteiger partial charge in [0.25, 0.3) is 0 Å². The number of carbonyl (C=O) groups excluding carboxylic acids is 2. The number of Topliss-reactive ketones (excluding diaryl/α,β-unsaturated/α-hetero) is 1. The van der Waals surface area contributed by atoms with Crippen LogP contribution in [-0.4, -0.2) is 33.4 Å². The SMILES string of the molecule is CCCSc1nnc(SCC(=O)c2ccc3c(c2)CC(=O)N3)s1. The van der Waals surface area contributed by atoms with Crippen LogP contribution in [0.25, 0.3) is 0 Å². The Balaban J connectivity index is 1.58. The molecule has 3 rings (SSSR count). The molecule has 5 nitrogen and oxygen atoms in total. The summed E-state index contributed by atoms with van der Waals surface area (Å²) in [5.41, 5.74) is 2.33. The molecule has 2 heterocycles. The molecular weight excluding hydrogens is 350 g/mol. The Morgan fingerprint density at radius 3 is 2.87 bits per heavy atom. The largest absolute Gasteiger partial charge is 0.326 e. The molecule has 1 aromatic heterocycles. The zero-order chi connectivity index (χ0) is 16.2. The van der Waals surface area contributed by atoms with Gasteiger partial charge in [-0.05, 0) is 30.2 Å². The molecule has 23 heavy (non-hydrogen) atoms. The van der Waals surface area contributed by atoms with E-state index in [4.69, 9.17) is 0 Å². The Bertz CT molecular complexity index is 745. The molecule has 1 aliphatic heterocycles. The van der Waals surface area contributed by atoms with Crippen molar-refractivity contribution < 1.29 is 9.59 Å². The molecule has 0 bridgehead atoms. The molecule has 0 fully saturated rings. The molecule has 8 heteroatoms. The smallest absolute Gasteiger partial charge is 0.228 e. The number of thioether (sulfide) groups is 2. The molecule has 2 aromatic rings. The molecule has 1 N–H and O–H groups in total. The number of hydrogen-bond acceptors (Lipinski definition) is 7. The summed E-state index contributed by atoms with van der Waals surface area (Å²) in [4.78, 5) is 23.7. The number of anilines is 1. The fraction of sp³-hybridized carbons (Fsp3) is 0.333. The third-order valence-electron chi connectivity index (χ3n) is 3.20. The zero-order valence-corrected chi connectivity index (χ0v) is 14.9. The molecule has 0 unspecified atom stereocenters. The maximum Gasteiger partial charge on any atom is 0.228 e. The van der Waals surface area contributed by atoms with E-state index >= 15 is 0 Å². The van der Waals surface area contributed by atoms with E-state index in [1.165, 1.54) is 23.1 Å². The summed E-state index contributed by atoms with van der Waals surface area (Å²) in [5.74, 6) is 1.37. The highest BCUT2D eigenvalue weighted by Crippen LogP contribution is 2.30. The lowest BCUT2D eigenvalue weighted by Crippen LogP contribution is -2.03. The summed E-state index contributed by atoms with van der Waals surface area (Å²) in [5, 5.41) is 11.0. The molecule has 0 saturated heterocycles. The Morgan fingerprint density at radius 1 is 1.30 bits per heavy atom. The first-order valence-electron chi connectivity index (χ1n) is 7.21. The monoisotopic (exact) mass is 365 g/mol. The maximum atomic E-state index is 12.3. The van der Waals surface area contributed by atoms with E-state index in [-0.39, 0.29) is 11.7 Å². The van der Waals surface area contributed by atoms with Crippen LogP contribution in [-0.2, 0) is 11.2 Å². The fourth-order valence-corrected chi connectivity index (χ4v) is 4.96. The highest BCUT2D eigenvalue weighted by molar-refractivity contribution is 8.03. The molecule has 0 spiro atoms. The predicted octanol–water partition coefficient (Wildman–Crippen LogP) is 3.51. The van der Waals surface area contributed by atoms with Gasteiger partial charge in [-0.1, -0.05) is 41.8 Å². The van der Waals surface area contributed by atoms with Crippen molar-refractivity contribution in [2.45, 2.75) is 28.4 Å². The van der Waals surface area contributed by atoms with Gasteiger partial charge in [-0.3, -0.25) is 9.59 Å². The highest BCUT2D eigenvalue weighted by atomic mass is 32.2. The first-order chi connectivity index (χ1) is 11.2. The van der Waals surface area contributed by atoms with Crippen molar-refractivity contribution in [2.75, 3.05) is 16.8 Å². The van der Waals surface area contributed by atoms with Gasteiger partial charge in [0.05, 0.1) is 12.2 Å². The fourth-order valence-electron chi connectivity index (χ4n) is 2.12. The number of fused-ring (bicyclic) bond motifs is 1. The summed E-state index contributed by atoms with van der Waals surface area (Å²) < 4.78 is 1.76. The van der Waals surface area contributed by atoms with E-state index in [1.807, 2.05) is 0 Å². The summed E-state index contributed by atoms with van der Waals surface area (Å²) in [7, 11) is 0. The number of amides is 1. The van der Waals surface area contributed by atoms with E-state index in [0.29, 0.717) is 17.7 Å². The van der Waals surface area contributed by atoms with Crippen molar-refractivity contribution >= 4 is 52.2 Å². The van der Waals surface area contributed by atoms with Crippen LogP contribution in [0.3, 0.4) is 0 Å². The third-order valence-corrected chi connectivity index (χ3v) is 6.59. The summed E-state index contributed by atoms with van der Waals surface area (Å²) in [6, 6.07) is 5.36. The first kappa shape index (κ1) is 16.5. The first-order valence-corrected chi connectivity index (χ1v) is 9.99. The van der Waals surface area contributed by atoms with Gasteiger partial charge in [-0.15, -0.1) is 10.2 Å². The van der Waals surface area contributed by atoms with Crippen LogP contribution in [0, 0.1) is 0 Å². The lowest BCUT2D eigenvalue weighted by atomic mass is 10.1. The average molecular weight is 366 g/mol. The molecule has 0 aliphatic carbocycles. The number of nitrogens with one attached hydrogen (secondary N) is 1. The van der Waals surface area contributed by atoms with E-state index < -0.39 is 0 Å². The standard InChI is InChI=1S/C15H15N3O2S3/c1-2-5-21-14-17-18-15(23-14)22-8-12(19)9-3-4-11-10(6-9)7-13(20)16-11/h3-4,6H,2,5,7-8H2,1H3,(H,16,20). The van der Waals surface area contributed by atoms with Crippen molar-refractivity contribution in [3.8, 4) is 0 Å². The van der Waals surface area contributed by atoms with Crippen LogP contribution in [0.2, 0.25) is 0 Å². The number of benzene rings is 1. The molecule has 1 aliphatic rings. The van der Waals surface area contributed by atoms with Crippen LogP contribution >= 0.6 is 34.9 Å². The normalized spacial score (nSPS) is 13.0. The quantitative estimate of drug-likeness (QED) is 0.598. The van der Waals surface area contributed by atoms with Gasteiger partial charge in [0, 0.05) is 17.0 Å². The van der Waals surface area contributed by atoms with Crippen LogP contribution in [0.15, 0.2) is 26.9 Å². The molecule has 1 aromatic carbocycles. The summed E-state index contributed by atoms with van der Waals surface area (Å²) in [6.45, 7) is 2.13. The van der Waals surface area contributed by atoms with Crippen molar-refractivity contribution in [3.05, 3.63) is 29.3 Å². The minimum Gasteiger partial charge on any atom is -0.326 e. The van der Waals surface area contributed by atoms with Crippen LogP contribution in [0.1, 0.15) is 29.3 Å². The number of carbonyl (C=O) groups is 2. The second kappa shape index (κ2) is 7.46. The molecule has 0 saturated carbocycles. The topological polar surface area (TPSA) is 72.0 Å². The zero-order valence-electron chi connectivity index (χ0n) is 12.5. The molecular formula is C15H15N3O2S3. The number of hydrogen-bond donors (Lipinski definition) is 1. The number of ketones is 1. The predicted molar refractivity (Wildman–Crippen MR) is 94.8 cm³/mol. The van der Waals surface area contributed by atoms with E-state index in [1.54, 1.807) is 30.0 Å². The number of rotatable bonds is 7. The Labute approximate surface area is 146 Å². The third kappa shape index (κ3) is 4.13. The van der Waals surface area contributed by atoms with E-state index in [2.05, 4.69) is 22.4 Å². The molecule has 0 atom stereocenters.